The molecule has 0 spiro atoms. The highest BCUT2D eigenvalue weighted by Crippen LogP contribution is 2.43. The summed E-state index contributed by atoms with van der Waals surface area (Å²) >= 11 is 1.95. The van der Waals surface area contributed by atoms with Crippen LogP contribution in [0.3, 0.4) is 0 Å². The van der Waals surface area contributed by atoms with Gasteiger partial charge in [0.25, 0.3) is 0 Å². The molecule has 3 nitrogen and oxygen atoms in total. The molecule has 20 heavy (non-hydrogen) atoms. The van der Waals surface area contributed by atoms with E-state index in [0.29, 0.717) is 12.0 Å². The van der Waals surface area contributed by atoms with Crippen molar-refractivity contribution < 1.29 is 0 Å². The molecule has 0 aromatic carbocycles. The Kier molecular flexibility index (Phi) is 4.16. The number of nitrogens with zero attached hydrogens (tertiary/aromatic N) is 2. The van der Waals surface area contributed by atoms with Crippen molar-refractivity contribution in [3.05, 3.63) is 15.6 Å². The maximum absolute atomic E-state index is 4.89. The van der Waals surface area contributed by atoms with Crippen LogP contribution >= 0.6 is 11.3 Å². The average molecular weight is 293 g/mol. The molecule has 3 rings (SSSR count). The summed E-state index contributed by atoms with van der Waals surface area (Å²) in [4.78, 5) is 8.93. The molecule has 2 atom stereocenters. The van der Waals surface area contributed by atoms with E-state index >= 15 is 0 Å². The lowest BCUT2D eigenvalue weighted by atomic mass is 9.92. The Bertz CT molecular complexity index is 454. The number of thiazole rings is 1. The lowest BCUT2D eigenvalue weighted by Gasteiger charge is -2.35. The summed E-state index contributed by atoms with van der Waals surface area (Å²) in [5.74, 6) is 0.709. The molecule has 112 valence electrons. The third-order valence-corrected chi connectivity index (χ3v) is 6.35. The van der Waals surface area contributed by atoms with E-state index in [1.807, 2.05) is 11.3 Å². The summed E-state index contributed by atoms with van der Waals surface area (Å²) in [5, 5.41) is 4.91. The van der Waals surface area contributed by atoms with Gasteiger partial charge in [-0.05, 0) is 39.7 Å². The summed E-state index contributed by atoms with van der Waals surface area (Å²) in [6.45, 7) is 7.54. The van der Waals surface area contributed by atoms with Gasteiger partial charge in [-0.25, -0.2) is 4.98 Å². The van der Waals surface area contributed by atoms with Crippen molar-refractivity contribution >= 4 is 11.3 Å². The molecule has 2 saturated heterocycles. The van der Waals surface area contributed by atoms with Crippen LogP contribution in [0.4, 0.5) is 0 Å². The minimum absolute atomic E-state index is 0.541. The molecule has 1 aromatic rings. The van der Waals surface area contributed by atoms with Crippen molar-refractivity contribution in [3.8, 4) is 0 Å². The fraction of sp³-hybridized carbons (Fsp3) is 0.812. The fourth-order valence-electron chi connectivity index (χ4n) is 3.70. The minimum Gasteiger partial charge on any atom is -0.310 e. The van der Waals surface area contributed by atoms with Gasteiger partial charge in [-0.2, -0.15) is 0 Å². The topological polar surface area (TPSA) is 28.2 Å². The van der Waals surface area contributed by atoms with E-state index < -0.39 is 0 Å². The molecule has 0 aliphatic carbocycles. The summed E-state index contributed by atoms with van der Waals surface area (Å²) in [6.07, 6.45) is 5.42. The number of aryl methyl sites for hydroxylation is 1. The van der Waals surface area contributed by atoms with E-state index in [-0.39, 0.29) is 0 Å². The minimum atomic E-state index is 0.541. The van der Waals surface area contributed by atoms with Crippen LogP contribution in [0.15, 0.2) is 0 Å². The Morgan fingerprint density at radius 1 is 1.30 bits per heavy atom. The zero-order valence-electron chi connectivity index (χ0n) is 13.1. The van der Waals surface area contributed by atoms with Gasteiger partial charge in [-0.3, -0.25) is 0 Å². The van der Waals surface area contributed by atoms with Crippen LogP contribution in [0.25, 0.3) is 0 Å². The lowest BCUT2D eigenvalue weighted by Crippen LogP contribution is -2.39. The standard InChI is InChI=1S/C16H27N3S/c1-10(2)17-9-15-11(3)18-16(20-15)12-7-13-5-6-14(8-12)19(13)4/h10,12-14,17H,5-9H2,1-4H3. The van der Waals surface area contributed by atoms with E-state index in [2.05, 4.69) is 38.0 Å². The predicted molar refractivity (Wildman–Crippen MR) is 85.4 cm³/mol. The van der Waals surface area contributed by atoms with E-state index in [0.717, 1.165) is 18.6 Å². The van der Waals surface area contributed by atoms with Crippen LogP contribution in [0.2, 0.25) is 0 Å². The number of hydrogen-bond acceptors (Lipinski definition) is 4. The highest BCUT2D eigenvalue weighted by Gasteiger charge is 2.39. The zero-order valence-corrected chi connectivity index (χ0v) is 14.0. The lowest BCUT2D eigenvalue weighted by molar-refractivity contribution is 0.161. The molecule has 0 saturated carbocycles. The second-order valence-corrected chi connectivity index (χ2v) is 7.93. The molecule has 0 radical (unpaired) electrons. The zero-order chi connectivity index (χ0) is 14.3. The Morgan fingerprint density at radius 3 is 2.55 bits per heavy atom. The van der Waals surface area contributed by atoms with Crippen molar-refractivity contribution in [2.24, 2.45) is 0 Å². The number of hydrogen-bond donors (Lipinski definition) is 1. The van der Waals surface area contributed by atoms with Gasteiger partial charge in [-0.1, -0.05) is 13.8 Å². The van der Waals surface area contributed by atoms with Gasteiger partial charge < -0.3 is 10.2 Å². The molecule has 1 N–H and O–H groups in total. The largest absolute Gasteiger partial charge is 0.310 e. The number of nitrogens with one attached hydrogen (secondary N) is 1. The molecular formula is C16H27N3S. The monoisotopic (exact) mass is 293 g/mol. The fourth-order valence-corrected chi connectivity index (χ4v) is 4.84. The van der Waals surface area contributed by atoms with Crippen LogP contribution in [-0.2, 0) is 6.54 Å². The normalized spacial score (nSPS) is 30.4. The Hall–Kier alpha value is -0.450. The quantitative estimate of drug-likeness (QED) is 0.923. The van der Waals surface area contributed by atoms with Crippen LogP contribution in [0, 0.1) is 6.92 Å². The van der Waals surface area contributed by atoms with E-state index in [1.165, 1.54) is 41.3 Å². The smallest absolute Gasteiger partial charge is 0.0963 e. The first-order valence-corrected chi connectivity index (χ1v) is 8.77. The van der Waals surface area contributed by atoms with Crippen molar-refractivity contribution in [1.29, 1.82) is 0 Å². The SMILES string of the molecule is Cc1nc(C2CC3CCC(C2)N3C)sc1CNC(C)C. The van der Waals surface area contributed by atoms with E-state index in [9.17, 15) is 0 Å². The van der Waals surface area contributed by atoms with Crippen molar-refractivity contribution in [2.45, 2.75) is 77.0 Å². The van der Waals surface area contributed by atoms with Gasteiger partial charge in [0.15, 0.2) is 0 Å². The van der Waals surface area contributed by atoms with Crippen molar-refractivity contribution in [2.75, 3.05) is 7.05 Å². The van der Waals surface area contributed by atoms with Gasteiger partial charge in [0.05, 0.1) is 10.7 Å². The molecule has 1 aromatic heterocycles. The number of aromatic nitrogens is 1. The van der Waals surface area contributed by atoms with Gasteiger partial charge >= 0.3 is 0 Å². The summed E-state index contributed by atoms with van der Waals surface area (Å²) < 4.78 is 0. The van der Waals surface area contributed by atoms with Crippen molar-refractivity contribution in [3.63, 3.8) is 0 Å². The highest BCUT2D eigenvalue weighted by molar-refractivity contribution is 7.11. The Balaban J connectivity index is 1.70. The van der Waals surface area contributed by atoms with Crippen LogP contribution in [0.5, 0.6) is 0 Å². The molecular weight excluding hydrogens is 266 g/mol. The summed E-state index contributed by atoms with van der Waals surface area (Å²) in [7, 11) is 2.31. The van der Waals surface area contributed by atoms with Crippen LogP contribution in [-0.4, -0.2) is 35.1 Å². The van der Waals surface area contributed by atoms with Crippen molar-refractivity contribution in [1.82, 2.24) is 15.2 Å². The van der Waals surface area contributed by atoms with E-state index in [1.54, 1.807) is 0 Å². The van der Waals surface area contributed by atoms with Crippen LogP contribution < -0.4 is 5.32 Å². The van der Waals surface area contributed by atoms with Gasteiger partial charge in [0.1, 0.15) is 0 Å². The Morgan fingerprint density at radius 2 is 1.95 bits per heavy atom. The maximum Gasteiger partial charge on any atom is 0.0963 e. The van der Waals surface area contributed by atoms with Crippen LogP contribution in [0.1, 0.15) is 61.0 Å². The average Bonchev–Trinajstić information content (AvgIpc) is 2.84. The molecule has 3 heterocycles. The number of piperidine rings is 1. The predicted octanol–water partition coefficient (Wildman–Crippen LogP) is 3.29. The third-order valence-electron chi connectivity index (χ3n) is 5.03. The summed E-state index contributed by atoms with van der Waals surface area (Å²) in [6, 6.07) is 2.15. The highest BCUT2D eigenvalue weighted by atomic mass is 32.1. The summed E-state index contributed by atoms with van der Waals surface area (Å²) in [5.41, 5.74) is 1.24. The molecule has 4 heteroatoms. The molecule has 2 bridgehead atoms. The molecule has 2 unspecified atom stereocenters. The maximum atomic E-state index is 4.89. The number of fused-ring (bicyclic) bond motifs is 2. The molecule has 2 aliphatic heterocycles. The first-order chi connectivity index (χ1) is 9.54. The molecule has 2 fully saturated rings. The van der Waals surface area contributed by atoms with E-state index in [4.69, 9.17) is 4.98 Å². The first-order valence-electron chi connectivity index (χ1n) is 7.96. The third kappa shape index (κ3) is 2.78. The molecule has 2 aliphatic rings. The second kappa shape index (κ2) is 5.74. The number of rotatable bonds is 4. The van der Waals surface area contributed by atoms with Gasteiger partial charge in [0.2, 0.25) is 0 Å². The Labute approximate surface area is 126 Å². The van der Waals surface area contributed by atoms with Gasteiger partial charge in [-0.15, -0.1) is 11.3 Å². The first kappa shape index (κ1) is 14.5. The van der Waals surface area contributed by atoms with Gasteiger partial charge in [0, 0.05) is 35.5 Å². The molecule has 0 amide bonds. The second-order valence-electron chi connectivity index (χ2n) is 6.82.